The molecule has 0 unspecified atom stereocenters. The standard InChI is InChI=1S/C66H50N2/c1-65(2)58-26-14-11-22-51(58)53-38-35-48(41-60(53)65)67(49-36-39-54-52-23-12-15-27-59(52)66(3,4)61(54)42-49)47-33-30-43(31-34-47)45-32-37-50(44-18-7-5-8-19-44)57(40-45)55-25-17-29-63-64(55)56-24-13-16-28-62(56)68(63)46-20-9-6-10-21-46/h5-42H,1-4H3. The first-order chi connectivity index (χ1) is 33.3. The van der Waals surface area contributed by atoms with Gasteiger partial charge < -0.3 is 9.47 Å². The molecule has 0 fully saturated rings. The van der Waals surface area contributed by atoms with Crippen molar-refractivity contribution in [3.8, 4) is 61.3 Å². The van der Waals surface area contributed by atoms with Crippen molar-refractivity contribution in [3.05, 3.63) is 253 Å². The second kappa shape index (κ2) is 15.2. The third-order valence-corrected chi connectivity index (χ3v) is 15.2. The van der Waals surface area contributed by atoms with E-state index in [1.165, 1.54) is 99.7 Å². The van der Waals surface area contributed by atoms with Crippen LogP contribution in [0.1, 0.15) is 49.9 Å². The van der Waals surface area contributed by atoms with Crippen LogP contribution in [-0.4, -0.2) is 4.57 Å². The topological polar surface area (TPSA) is 8.17 Å². The Morgan fingerprint density at radius 1 is 0.309 bits per heavy atom. The first kappa shape index (κ1) is 40.1. The Labute approximate surface area is 399 Å². The fourth-order valence-electron chi connectivity index (χ4n) is 11.8. The van der Waals surface area contributed by atoms with E-state index in [0.717, 1.165) is 22.7 Å². The fraction of sp³-hybridized carbons (Fsp3) is 0.0909. The number of para-hydroxylation sites is 2. The van der Waals surface area contributed by atoms with Gasteiger partial charge in [0.15, 0.2) is 0 Å². The zero-order chi connectivity index (χ0) is 45.7. The van der Waals surface area contributed by atoms with Gasteiger partial charge >= 0.3 is 0 Å². The molecule has 0 amide bonds. The van der Waals surface area contributed by atoms with Gasteiger partial charge in [-0.2, -0.15) is 0 Å². The lowest BCUT2D eigenvalue weighted by Crippen LogP contribution is -2.18. The molecule has 2 heteroatoms. The van der Waals surface area contributed by atoms with Crippen LogP contribution in [0.5, 0.6) is 0 Å². The molecule has 10 aromatic carbocycles. The minimum Gasteiger partial charge on any atom is -0.310 e. The molecule has 0 N–H and O–H groups in total. The maximum atomic E-state index is 2.47. The van der Waals surface area contributed by atoms with Gasteiger partial charge in [0, 0.05) is 44.4 Å². The quantitative estimate of drug-likeness (QED) is 0.155. The molecule has 0 bridgehead atoms. The summed E-state index contributed by atoms with van der Waals surface area (Å²) in [7, 11) is 0. The van der Waals surface area contributed by atoms with Gasteiger partial charge in [-0.05, 0) is 145 Å². The predicted octanol–water partition coefficient (Wildman–Crippen LogP) is 17.9. The molecular weight excluding hydrogens is 821 g/mol. The van der Waals surface area contributed by atoms with Crippen molar-refractivity contribution in [2.45, 2.75) is 38.5 Å². The lowest BCUT2D eigenvalue weighted by molar-refractivity contribution is 0.660. The minimum absolute atomic E-state index is 0.122. The van der Waals surface area contributed by atoms with Crippen molar-refractivity contribution < 1.29 is 0 Å². The smallest absolute Gasteiger partial charge is 0.0547 e. The summed E-state index contributed by atoms with van der Waals surface area (Å²) in [6.07, 6.45) is 0. The van der Waals surface area contributed by atoms with E-state index in [0.29, 0.717) is 0 Å². The molecule has 1 aromatic heterocycles. The Balaban J connectivity index is 0.963. The zero-order valence-electron chi connectivity index (χ0n) is 38.8. The van der Waals surface area contributed by atoms with Crippen LogP contribution in [0.4, 0.5) is 17.1 Å². The second-order valence-electron chi connectivity index (χ2n) is 19.7. The Hall–Kier alpha value is -8.20. The highest BCUT2D eigenvalue weighted by molar-refractivity contribution is 6.17. The maximum Gasteiger partial charge on any atom is 0.0547 e. The van der Waals surface area contributed by atoms with Gasteiger partial charge in [-0.1, -0.05) is 191 Å². The number of nitrogens with zero attached hydrogens (tertiary/aromatic N) is 2. The van der Waals surface area contributed by atoms with Gasteiger partial charge in [-0.15, -0.1) is 0 Å². The number of hydrogen-bond donors (Lipinski definition) is 0. The normalized spacial score (nSPS) is 13.8. The molecule has 0 spiro atoms. The predicted molar refractivity (Wildman–Crippen MR) is 287 cm³/mol. The summed E-state index contributed by atoms with van der Waals surface area (Å²) in [6.45, 7) is 9.48. The number of benzene rings is 10. The highest BCUT2D eigenvalue weighted by Crippen LogP contribution is 2.53. The zero-order valence-corrected chi connectivity index (χ0v) is 38.8. The van der Waals surface area contributed by atoms with E-state index in [1.54, 1.807) is 0 Å². The van der Waals surface area contributed by atoms with E-state index in [9.17, 15) is 0 Å². The molecule has 2 aliphatic carbocycles. The summed E-state index contributed by atoms with van der Waals surface area (Å²) in [6, 6.07) is 85.6. The van der Waals surface area contributed by atoms with Crippen molar-refractivity contribution in [3.63, 3.8) is 0 Å². The van der Waals surface area contributed by atoms with Crippen molar-refractivity contribution >= 4 is 38.9 Å². The van der Waals surface area contributed by atoms with E-state index in [-0.39, 0.29) is 10.8 Å². The molecular formula is C66H50N2. The number of anilines is 3. The average molecular weight is 871 g/mol. The first-order valence-electron chi connectivity index (χ1n) is 23.9. The third-order valence-electron chi connectivity index (χ3n) is 15.2. The number of rotatable bonds is 7. The van der Waals surface area contributed by atoms with Crippen LogP contribution < -0.4 is 4.90 Å². The molecule has 2 aliphatic rings. The third kappa shape index (κ3) is 6.03. The Bertz CT molecular complexity index is 3670. The van der Waals surface area contributed by atoms with E-state index >= 15 is 0 Å². The molecule has 0 atom stereocenters. The van der Waals surface area contributed by atoms with Gasteiger partial charge in [0.2, 0.25) is 0 Å². The number of fused-ring (bicyclic) bond motifs is 9. The van der Waals surface area contributed by atoms with E-state index in [1.807, 2.05) is 0 Å². The fourth-order valence-corrected chi connectivity index (χ4v) is 11.8. The van der Waals surface area contributed by atoms with Gasteiger partial charge in [-0.25, -0.2) is 0 Å². The van der Waals surface area contributed by atoms with Crippen molar-refractivity contribution in [1.29, 1.82) is 0 Å². The minimum atomic E-state index is -0.122. The molecule has 1 heterocycles. The van der Waals surface area contributed by atoms with Crippen LogP contribution in [0.3, 0.4) is 0 Å². The SMILES string of the molecule is CC1(C)c2ccccc2-c2ccc(N(c3ccc(-c4ccc(-c5ccccc5)c(-c5cccc6c5c5ccccc5n6-c5ccccc5)c4)cc3)c3ccc4c(c3)C(C)(C)c3ccccc3-4)cc21. The van der Waals surface area contributed by atoms with Gasteiger partial charge in [0.25, 0.3) is 0 Å². The Kier molecular flexibility index (Phi) is 8.95. The highest BCUT2D eigenvalue weighted by atomic mass is 15.1. The van der Waals surface area contributed by atoms with E-state index in [4.69, 9.17) is 0 Å². The average Bonchev–Trinajstić information content (AvgIpc) is 3.94. The van der Waals surface area contributed by atoms with Crippen LogP contribution in [0.2, 0.25) is 0 Å². The van der Waals surface area contributed by atoms with E-state index < -0.39 is 0 Å². The van der Waals surface area contributed by atoms with Crippen LogP contribution >= 0.6 is 0 Å². The Morgan fingerprint density at radius 3 is 1.44 bits per heavy atom. The maximum absolute atomic E-state index is 2.47. The Morgan fingerprint density at radius 2 is 0.794 bits per heavy atom. The lowest BCUT2D eigenvalue weighted by Gasteiger charge is -2.30. The summed E-state index contributed by atoms with van der Waals surface area (Å²) in [5, 5.41) is 2.50. The lowest BCUT2D eigenvalue weighted by atomic mass is 9.82. The van der Waals surface area contributed by atoms with E-state index in [2.05, 4.69) is 268 Å². The summed E-state index contributed by atoms with van der Waals surface area (Å²) >= 11 is 0. The van der Waals surface area contributed by atoms with Crippen molar-refractivity contribution in [2.75, 3.05) is 4.90 Å². The highest BCUT2D eigenvalue weighted by Gasteiger charge is 2.38. The van der Waals surface area contributed by atoms with Gasteiger partial charge in [0.05, 0.1) is 11.0 Å². The molecule has 0 saturated carbocycles. The number of aromatic nitrogens is 1. The van der Waals surface area contributed by atoms with Gasteiger partial charge in [-0.3, -0.25) is 0 Å². The molecule has 0 aliphatic heterocycles. The molecule has 13 rings (SSSR count). The van der Waals surface area contributed by atoms with Crippen LogP contribution in [-0.2, 0) is 10.8 Å². The monoisotopic (exact) mass is 870 g/mol. The summed E-state index contributed by atoms with van der Waals surface area (Å²) in [5.41, 5.74) is 24.7. The summed E-state index contributed by atoms with van der Waals surface area (Å²) < 4.78 is 2.41. The molecule has 11 aromatic rings. The van der Waals surface area contributed by atoms with Crippen LogP contribution in [0, 0.1) is 0 Å². The molecule has 324 valence electrons. The first-order valence-corrected chi connectivity index (χ1v) is 23.9. The molecule has 0 radical (unpaired) electrons. The van der Waals surface area contributed by atoms with Crippen molar-refractivity contribution in [2.24, 2.45) is 0 Å². The van der Waals surface area contributed by atoms with Gasteiger partial charge in [0.1, 0.15) is 0 Å². The summed E-state index contributed by atoms with van der Waals surface area (Å²) in [4.78, 5) is 2.47. The summed E-state index contributed by atoms with van der Waals surface area (Å²) in [5.74, 6) is 0. The van der Waals surface area contributed by atoms with Crippen molar-refractivity contribution in [1.82, 2.24) is 4.57 Å². The largest absolute Gasteiger partial charge is 0.310 e. The molecule has 0 saturated heterocycles. The molecule has 68 heavy (non-hydrogen) atoms. The molecule has 2 nitrogen and oxygen atoms in total. The van der Waals surface area contributed by atoms with Crippen LogP contribution in [0.15, 0.2) is 231 Å². The second-order valence-corrected chi connectivity index (χ2v) is 19.7. The van der Waals surface area contributed by atoms with Crippen LogP contribution in [0.25, 0.3) is 83.1 Å². The number of hydrogen-bond acceptors (Lipinski definition) is 1.